The van der Waals surface area contributed by atoms with E-state index in [1.54, 1.807) is 50.2 Å². The van der Waals surface area contributed by atoms with Crippen LogP contribution in [0.5, 0.6) is 5.75 Å². The molecule has 0 saturated carbocycles. The summed E-state index contributed by atoms with van der Waals surface area (Å²) in [6, 6.07) is 12.8. The lowest BCUT2D eigenvalue weighted by molar-refractivity contribution is -0.128. The highest BCUT2D eigenvalue weighted by Gasteiger charge is 2.30. The van der Waals surface area contributed by atoms with Gasteiger partial charge in [0.15, 0.2) is 5.60 Å². The minimum absolute atomic E-state index is 0.160. The van der Waals surface area contributed by atoms with Gasteiger partial charge in [-0.1, -0.05) is 37.8 Å². The summed E-state index contributed by atoms with van der Waals surface area (Å²) in [7, 11) is -3.56. The predicted octanol–water partition coefficient (Wildman–Crippen LogP) is 4.99. The molecule has 164 valence electrons. The second kappa shape index (κ2) is 10.8. The van der Waals surface area contributed by atoms with E-state index >= 15 is 0 Å². The van der Waals surface area contributed by atoms with Crippen LogP contribution in [0.2, 0.25) is 5.02 Å². The van der Waals surface area contributed by atoms with Crippen molar-refractivity contribution in [3.8, 4) is 5.75 Å². The maximum Gasteiger partial charge on any atom is 0.267 e. The fourth-order valence-corrected chi connectivity index (χ4v) is 3.88. The van der Waals surface area contributed by atoms with Gasteiger partial charge < -0.3 is 10.1 Å². The molecule has 8 heteroatoms. The maximum absolute atomic E-state index is 12.6. The maximum atomic E-state index is 12.6. The Morgan fingerprint density at radius 2 is 1.63 bits per heavy atom. The summed E-state index contributed by atoms with van der Waals surface area (Å²) in [4.78, 5) is 12.8. The van der Waals surface area contributed by atoms with E-state index in [1.165, 1.54) is 12.1 Å². The molecule has 2 aromatic carbocycles. The number of sulfonamides is 1. The summed E-state index contributed by atoms with van der Waals surface area (Å²) >= 11 is 5.86. The average Bonchev–Trinajstić information content (AvgIpc) is 2.70. The zero-order valence-electron chi connectivity index (χ0n) is 17.6. The monoisotopic (exact) mass is 452 g/mol. The molecule has 30 heavy (non-hydrogen) atoms. The number of hydrogen-bond acceptors (Lipinski definition) is 4. The number of amides is 1. The molecule has 0 atom stereocenters. The second-order valence-electron chi connectivity index (χ2n) is 7.50. The molecule has 2 N–H and O–H groups in total. The summed E-state index contributed by atoms with van der Waals surface area (Å²) in [6.45, 7) is 5.82. The summed E-state index contributed by atoms with van der Waals surface area (Å²) in [5, 5.41) is 3.33. The fraction of sp³-hybridized carbons (Fsp3) is 0.409. The predicted molar refractivity (Wildman–Crippen MR) is 121 cm³/mol. The quantitative estimate of drug-likeness (QED) is 0.470. The number of rotatable bonds is 11. The van der Waals surface area contributed by atoms with Crippen LogP contribution in [-0.4, -0.2) is 26.5 Å². The van der Waals surface area contributed by atoms with Crippen LogP contribution in [0, 0.1) is 0 Å². The second-order valence-corrected chi connectivity index (χ2v) is 9.71. The third-order valence-corrected chi connectivity index (χ3v) is 6.21. The van der Waals surface area contributed by atoms with Gasteiger partial charge in [-0.2, -0.15) is 0 Å². The number of hydrogen-bond donors (Lipinski definition) is 2. The summed E-state index contributed by atoms with van der Waals surface area (Å²) in [5.41, 5.74) is -0.659. The van der Waals surface area contributed by atoms with Crippen LogP contribution in [0.15, 0.2) is 53.4 Å². The minimum atomic E-state index is -3.56. The standard InChI is InChI=1S/C22H29ClN2O4S/c1-4-5-6-7-16-24-30(27,28)20-14-10-18(11-15-20)25-21(26)22(2,3)29-19-12-8-17(23)9-13-19/h8-15,24H,4-7,16H2,1-3H3,(H,25,26). The van der Waals surface area contributed by atoms with E-state index in [0.717, 1.165) is 25.7 Å². The van der Waals surface area contributed by atoms with Gasteiger partial charge >= 0.3 is 0 Å². The molecule has 0 unspecified atom stereocenters. The third kappa shape index (κ3) is 7.31. The molecule has 0 saturated heterocycles. The number of carbonyl (C=O) groups excluding carboxylic acids is 1. The van der Waals surface area contributed by atoms with Crippen LogP contribution >= 0.6 is 11.6 Å². The van der Waals surface area contributed by atoms with Crippen molar-refractivity contribution < 1.29 is 17.9 Å². The van der Waals surface area contributed by atoms with Crippen LogP contribution in [0.3, 0.4) is 0 Å². The van der Waals surface area contributed by atoms with Crippen molar-refractivity contribution in [2.75, 3.05) is 11.9 Å². The van der Waals surface area contributed by atoms with Gasteiger partial charge in [0.05, 0.1) is 4.90 Å². The summed E-state index contributed by atoms with van der Waals surface area (Å²) in [5.74, 6) is 0.160. The number of ether oxygens (including phenoxy) is 1. The van der Waals surface area contributed by atoms with Crippen molar-refractivity contribution in [1.82, 2.24) is 4.72 Å². The first kappa shape index (κ1) is 24.2. The van der Waals surface area contributed by atoms with E-state index in [0.29, 0.717) is 23.0 Å². The molecule has 0 aromatic heterocycles. The molecule has 0 bridgehead atoms. The molecule has 0 radical (unpaired) electrons. The highest BCUT2D eigenvalue weighted by Crippen LogP contribution is 2.22. The van der Waals surface area contributed by atoms with Crippen molar-refractivity contribution in [3.05, 3.63) is 53.6 Å². The van der Waals surface area contributed by atoms with E-state index in [1.807, 2.05) is 0 Å². The molecule has 2 aromatic rings. The van der Waals surface area contributed by atoms with Gasteiger partial charge in [0.2, 0.25) is 10.0 Å². The number of carbonyl (C=O) groups is 1. The van der Waals surface area contributed by atoms with E-state index < -0.39 is 15.6 Å². The average molecular weight is 453 g/mol. The molecular weight excluding hydrogens is 424 g/mol. The molecule has 1 amide bonds. The molecule has 0 aliphatic carbocycles. The third-order valence-electron chi connectivity index (χ3n) is 4.48. The van der Waals surface area contributed by atoms with E-state index in [4.69, 9.17) is 16.3 Å². The lowest BCUT2D eigenvalue weighted by Gasteiger charge is -2.25. The van der Waals surface area contributed by atoms with Gasteiger partial charge in [0, 0.05) is 17.3 Å². The topological polar surface area (TPSA) is 84.5 Å². The normalized spacial score (nSPS) is 11.9. The zero-order valence-corrected chi connectivity index (χ0v) is 19.1. The molecule has 0 spiro atoms. The van der Waals surface area contributed by atoms with Crippen molar-refractivity contribution in [2.24, 2.45) is 0 Å². The van der Waals surface area contributed by atoms with Crippen molar-refractivity contribution in [2.45, 2.75) is 57.0 Å². The Bertz CT molecular complexity index is 927. The Morgan fingerprint density at radius 3 is 2.23 bits per heavy atom. The highest BCUT2D eigenvalue weighted by atomic mass is 35.5. The Hall–Kier alpha value is -2.09. The highest BCUT2D eigenvalue weighted by molar-refractivity contribution is 7.89. The Kier molecular flexibility index (Phi) is 8.70. The van der Waals surface area contributed by atoms with E-state index in [2.05, 4.69) is 17.0 Å². The molecule has 6 nitrogen and oxygen atoms in total. The van der Waals surface area contributed by atoms with Crippen LogP contribution < -0.4 is 14.8 Å². The van der Waals surface area contributed by atoms with Crippen LogP contribution in [0.25, 0.3) is 0 Å². The van der Waals surface area contributed by atoms with Gasteiger partial charge in [0.25, 0.3) is 5.91 Å². The van der Waals surface area contributed by atoms with Crippen molar-refractivity contribution in [3.63, 3.8) is 0 Å². The lowest BCUT2D eigenvalue weighted by Crippen LogP contribution is -2.42. The van der Waals surface area contributed by atoms with Gasteiger partial charge in [0.1, 0.15) is 5.75 Å². The Balaban J connectivity index is 1.95. The molecule has 0 aliphatic rings. The number of nitrogens with one attached hydrogen (secondary N) is 2. The molecule has 0 heterocycles. The molecule has 0 aliphatic heterocycles. The van der Waals surface area contributed by atoms with Crippen LogP contribution in [0.1, 0.15) is 46.5 Å². The van der Waals surface area contributed by atoms with Crippen molar-refractivity contribution >= 4 is 33.2 Å². The van der Waals surface area contributed by atoms with E-state index in [-0.39, 0.29) is 10.8 Å². The fourth-order valence-electron chi connectivity index (χ4n) is 2.68. The smallest absolute Gasteiger partial charge is 0.267 e. The zero-order chi connectivity index (χ0) is 22.2. The SMILES string of the molecule is CCCCCCNS(=O)(=O)c1ccc(NC(=O)C(C)(C)Oc2ccc(Cl)cc2)cc1. The van der Waals surface area contributed by atoms with Gasteiger partial charge in [-0.15, -0.1) is 0 Å². The molecule has 0 fully saturated rings. The van der Waals surface area contributed by atoms with Crippen LogP contribution in [-0.2, 0) is 14.8 Å². The first-order valence-corrected chi connectivity index (χ1v) is 11.9. The molecule has 2 rings (SSSR count). The lowest BCUT2D eigenvalue weighted by atomic mass is 10.1. The molecular formula is C22H29ClN2O4S. The van der Waals surface area contributed by atoms with Crippen molar-refractivity contribution in [1.29, 1.82) is 0 Å². The Morgan fingerprint density at radius 1 is 1.00 bits per heavy atom. The summed E-state index contributed by atoms with van der Waals surface area (Å²) in [6.07, 6.45) is 4.00. The summed E-state index contributed by atoms with van der Waals surface area (Å²) < 4.78 is 33.1. The van der Waals surface area contributed by atoms with E-state index in [9.17, 15) is 13.2 Å². The largest absolute Gasteiger partial charge is 0.478 e. The first-order valence-electron chi connectivity index (χ1n) is 10.00. The van der Waals surface area contributed by atoms with Gasteiger partial charge in [-0.3, -0.25) is 4.79 Å². The van der Waals surface area contributed by atoms with Gasteiger partial charge in [-0.25, -0.2) is 13.1 Å². The van der Waals surface area contributed by atoms with Gasteiger partial charge in [-0.05, 0) is 68.8 Å². The number of unbranched alkanes of at least 4 members (excludes halogenated alkanes) is 3. The minimum Gasteiger partial charge on any atom is -0.478 e. The number of benzene rings is 2. The number of anilines is 1. The Labute approximate surface area is 184 Å². The number of halogens is 1. The first-order chi connectivity index (χ1) is 14.1. The van der Waals surface area contributed by atoms with Crippen LogP contribution in [0.4, 0.5) is 5.69 Å².